The van der Waals surface area contributed by atoms with Crippen molar-refractivity contribution >= 4 is 57.2 Å². The fourth-order valence-electron chi connectivity index (χ4n) is 4.40. The van der Waals surface area contributed by atoms with Gasteiger partial charge < -0.3 is 14.8 Å². The SMILES string of the molecule is O=C(Nc1ccc(OCCN2CCOCC2)c2ccccc12)c1cccc(-c2cc(Cl)cc(Cl)c2Cl)c1. The maximum atomic E-state index is 13.2. The molecule has 0 atom stereocenters. The Morgan fingerprint density at radius 1 is 0.919 bits per heavy atom. The summed E-state index contributed by atoms with van der Waals surface area (Å²) in [5, 5.41) is 6.11. The van der Waals surface area contributed by atoms with Crippen LogP contribution in [0.25, 0.3) is 21.9 Å². The van der Waals surface area contributed by atoms with Crippen molar-refractivity contribution in [1.82, 2.24) is 4.90 Å². The van der Waals surface area contributed by atoms with Crippen molar-refractivity contribution in [3.05, 3.63) is 93.4 Å². The Morgan fingerprint density at radius 3 is 2.51 bits per heavy atom. The first-order valence-corrected chi connectivity index (χ1v) is 13.1. The molecule has 1 fully saturated rings. The Morgan fingerprint density at radius 2 is 1.70 bits per heavy atom. The maximum Gasteiger partial charge on any atom is 0.255 e. The molecule has 0 unspecified atom stereocenters. The van der Waals surface area contributed by atoms with Gasteiger partial charge >= 0.3 is 0 Å². The lowest BCUT2D eigenvalue weighted by molar-refractivity contribution is 0.0323. The van der Waals surface area contributed by atoms with Gasteiger partial charge in [0.15, 0.2) is 0 Å². The highest BCUT2D eigenvalue weighted by Crippen LogP contribution is 2.37. The van der Waals surface area contributed by atoms with Crippen LogP contribution in [0.2, 0.25) is 15.1 Å². The van der Waals surface area contributed by atoms with E-state index in [0.29, 0.717) is 38.5 Å². The van der Waals surface area contributed by atoms with E-state index in [1.165, 1.54) is 0 Å². The molecule has 190 valence electrons. The summed E-state index contributed by atoms with van der Waals surface area (Å²) in [6.45, 7) is 4.80. The Labute approximate surface area is 230 Å². The van der Waals surface area contributed by atoms with Crippen LogP contribution in [-0.2, 0) is 4.74 Å². The van der Waals surface area contributed by atoms with E-state index >= 15 is 0 Å². The predicted octanol–water partition coefficient (Wildman–Crippen LogP) is 7.43. The number of halogens is 3. The maximum absolute atomic E-state index is 13.2. The number of amides is 1. The van der Waals surface area contributed by atoms with E-state index < -0.39 is 0 Å². The van der Waals surface area contributed by atoms with Gasteiger partial charge in [-0.3, -0.25) is 9.69 Å². The number of hydrogen-bond acceptors (Lipinski definition) is 4. The molecule has 37 heavy (non-hydrogen) atoms. The van der Waals surface area contributed by atoms with E-state index in [2.05, 4.69) is 10.2 Å². The summed E-state index contributed by atoms with van der Waals surface area (Å²) < 4.78 is 11.5. The van der Waals surface area contributed by atoms with Crippen molar-refractivity contribution < 1.29 is 14.3 Å². The molecule has 1 saturated heterocycles. The molecule has 0 spiro atoms. The van der Waals surface area contributed by atoms with Crippen molar-refractivity contribution in [3.63, 3.8) is 0 Å². The van der Waals surface area contributed by atoms with Crippen molar-refractivity contribution in [3.8, 4) is 16.9 Å². The number of ether oxygens (including phenoxy) is 2. The average Bonchev–Trinajstić information content (AvgIpc) is 2.92. The van der Waals surface area contributed by atoms with Crippen molar-refractivity contribution in [2.24, 2.45) is 0 Å². The molecule has 0 aromatic heterocycles. The van der Waals surface area contributed by atoms with Gasteiger partial charge in [-0.2, -0.15) is 0 Å². The molecule has 8 heteroatoms. The summed E-state index contributed by atoms with van der Waals surface area (Å²) >= 11 is 18.8. The molecule has 1 aliphatic rings. The van der Waals surface area contributed by atoms with Crippen LogP contribution in [0, 0.1) is 0 Å². The van der Waals surface area contributed by atoms with Gasteiger partial charge in [-0.15, -0.1) is 0 Å². The van der Waals surface area contributed by atoms with E-state index in [0.717, 1.165) is 54.9 Å². The second kappa shape index (κ2) is 11.7. The Balaban J connectivity index is 1.35. The zero-order valence-corrected chi connectivity index (χ0v) is 22.2. The summed E-state index contributed by atoms with van der Waals surface area (Å²) in [4.78, 5) is 15.6. The zero-order valence-electron chi connectivity index (χ0n) is 20.0. The van der Waals surface area contributed by atoms with Gasteiger partial charge in [-0.25, -0.2) is 0 Å². The number of anilines is 1. The summed E-state index contributed by atoms with van der Waals surface area (Å²) in [6, 6.07) is 22.2. The largest absolute Gasteiger partial charge is 0.492 e. The molecule has 4 aromatic carbocycles. The minimum atomic E-state index is -0.239. The number of nitrogens with one attached hydrogen (secondary N) is 1. The second-order valence-corrected chi connectivity index (χ2v) is 9.97. The van der Waals surface area contributed by atoms with Crippen LogP contribution in [0.5, 0.6) is 5.75 Å². The van der Waals surface area contributed by atoms with Crippen LogP contribution >= 0.6 is 34.8 Å². The molecule has 1 aliphatic heterocycles. The number of carbonyl (C=O) groups is 1. The van der Waals surface area contributed by atoms with Gasteiger partial charge in [0.1, 0.15) is 12.4 Å². The number of fused-ring (bicyclic) bond motifs is 1. The first kappa shape index (κ1) is 25.8. The van der Waals surface area contributed by atoms with Crippen LogP contribution in [0.1, 0.15) is 10.4 Å². The molecule has 1 heterocycles. The zero-order chi connectivity index (χ0) is 25.8. The van der Waals surface area contributed by atoms with Crippen LogP contribution in [-0.4, -0.2) is 50.3 Å². The summed E-state index contributed by atoms with van der Waals surface area (Å²) in [5.41, 5.74) is 2.60. The molecule has 5 nitrogen and oxygen atoms in total. The van der Waals surface area contributed by atoms with Crippen LogP contribution in [0.15, 0.2) is 72.8 Å². The molecule has 0 saturated carbocycles. The molecule has 0 bridgehead atoms. The first-order valence-electron chi connectivity index (χ1n) is 12.0. The minimum absolute atomic E-state index is 0.239. The highest BCUT2D eigenvalue weighted by Gasteiger charge is 2.15. The molecular formula is C29H25Cl3N2O3. The normalized spacial score (nSPS) is 14.0. The number of hydrogen-bond donors (Lipinski definition) is 1. The number of morpholine rings is 1. The summed E-state index contributed by atoms with van der Waals surface area (Å²) in [6.07, 6.45) is 0. The quantitative estimate of drug-likeness (QED) is 0.241. The van der Waals surface area contributed by atoms with E-state index in [1.807, 2.05) is 42.5 Å². The third kappa shape index (κ3) is 6.03. The molecular weight excluding hydrogens is 531 g/mol. The second-order valence-electron chi connectivity index (χ2n) is 8.74. The van der Waals surface area contributed by atoms with Gasteiger partial charge in [0.2, 0.25) is 0 Å². The highest BCUT2D eigenvalue weighted by atomic mass is 35.5. The van der Waals surface area contributed by atoms with E-state index in [-0.39, 0.29) is 5.91 Å². The van der Waals surface area contributed by atoms with Gasteiger partial charge in [-0.05, 0) is 42.0 Å². The van der Waals surface area contributed by atoms with E-state index in [4.69, 9.17) is 44.3 Å². The van der Waals surface area contributed by atoms with Crippen LogP contribution in [0.3, 0.4) is 0 Å². The summed E-state index contributed by atoms with van der Waals surface area (Å²) in [5.74, 6) is 0.550. The number of rotatable bonds is 7. The fraction of sp³-hybridized carbons (Fsp3) is 0.207. The Kier molecular flexibility index (Phi) is 8.18. The molecule has 1 N–H and O–H groups in total. The van der Waals surface area contributed by atoms with E-state index in [9.17, 15) is 4.79 Å². The van der Waals surface area contributed by atoms with E-state index in [1.54, 1.807) is 30.3 Å². The molecule has 4 aromatic rings. The lowest BCUT2D eigenvalue weighted by Crippen LogP contribution is -2.38. The van der Waals surface area contributed by atoms with Crippen LogP contribution < -0.4 is 10.1 Å². The van der Waals surface area contributed by atoms with Crippen molar-refractivity contribution in [2.75, 3.05) is 44.8 Å². The topological polar surface area (TPSA) is 50.8 Å². The summed E-state index contributed by atoms with van der Waals surface area (Å²) in [7, 11) is 0. The minimum Gasteiger partial charge on any atom is -0.492 e. The Hall–Kier alpha value is -2.80. The number of carbonyl (C=O) groups excluding carboxylic acids is 1. The number of benzene rings is 4. The van der Waals surface area contributed by atoms with Gasteiger partial charge in [0.05, 0.1) is 23.3 Å². The molecule has 0 aliphatic carbocycles. The van der Waals surface area contributed by atoms with Gasteiger partial charge in [0.25, 0.3) is 5.91 Å². The average molecular weight is 556 g/mol. The molecule has 0 radical (unpaired) electrons. The van der Waals surface area contributed by atoms with Gasteiger partial charge in [-0.1, -0.05) is 71.2 Å². The predicted molar refractivity (Wildman–Crippen MR) is 152 cm³/mol. The lowest BCUT2D eigenvalue weighted by atomic mass is 10.0. The van der Waals surface area contributed by atoms with Crippen molar-refractivity contribution in [1.29, 1.82) is 0 Å². The molecule has 1 amide bonds. The number of nitrogens with zero attached hydrogens (tertiary/aromatic N) is 1. The lowest BCUT2D eigenvalue weighted by Gasteiger charge is -2.26. The third-order valence-electron chi connectivity index (χ3n) is 6.33. The van der Waals surface area contributed by atoms with Crippen LogP contribution in [0.4, 0.5) is 5.69 Å². The fourth-order valence-corrected chi connectivity index (χ4v) is 5.12. The van der Waals surface area contributed by atoms with Gasteiger partial charge in [0, 0.05) is 52.2 Å². The first-order chi connectivity index (χ1) is 18.0. The third-order valence-corrected chi connectivity index (χ3v) is 7.35. The Bertz CT molecular complexity index is 1440. The smallest absolute Gasteiger partial charge is 0.255 e. The highest BCUT2D eigenvalue weighted by molar-refractivity contribution is 6.45. The van der Waals surface area contributed by atoms with Crippen molar-refractivity contribution in [2.45, 2.75) is 0 Å². The standard InChI is InChI=1S/C29H25Cl3N2O3/c30-21-17-24(28(32)25(31)18-21)19-4-3-5-20(16-19)29(35)33-26-8-9-27(23-7-2-1-6-22(23)26)37-15-12-34-10-13-36-14-11-34/h1-9,16-18H,10-15H2,(H,33,35). The molecule has 5 rings (SSSR count). The monoisotopic (exact) mass is 554 g/mol.